The van der Waals surface area contributed by atoms with Crippen LogP contribution in [0.1, 0.15) is 25.7 Å². The van der Waals surface area contributed by atoms with E-state index in [2.05, 4.69) is 31.2 Å². The van der Waals surface area contributed by atoms with Gasteiger partial charge in [-0.25, -0.2) is 23.5 Å². The molecule has 1 aromatic carbocycles. The standard InChI is InChI=1S/C28H30F2N6O2/c29-19-3-4-25(22(30)14-19)38-17-18-2-1-11-36(16-18)28(37)34-20-7-12-35(13-8-20)24-6-10-31-23-15-33-27-21(26(23)24)5-9-32-27/h3-6,9-10,14-15,18,20,31H,1-2,7-8,11-13,16-17H2,(H,34,37). The van der Waals surface area contributed by atoms with Crippen molar-refractivity contribution in [1.82, 2.24) is 25.2 Å². The highest BCUT2D eigenvalue weighted by Gasteiger charge is 2.28. The van der Waals surface area contributed by atoms with Crippen molar-refractivity contribution in [3.05, 3.63) is 60.6 Å². The number of halogens is 2. The van der Waals surface area contributed by atoms with E-state index in [1.165, 1.54) is 12.1 Å². The molecule has 2 saturated heterocycles. The minimum atomic E-state index is -0.712. The minimum Gasteiger partial charge on any atom is -0.490 e. The van der Waals surface area contributed by atoms with Crippen molar-refractivity contribution in [2.75, 3.05) is 37.7 Å². The summed E-state index contributed by atoms with van der Waals surface area (Å²) in [4.78, 5) is 29.3. The normalized spacial score (nSPS) is 18.7. The van der Waals surface area contributed by atoms with Gasteiger partial charge < -0.3 is 24.8 Å². The Balaban J connectivity index is 1.03. The van der Waals surface area contributed by atoms with Gasteiger partial charge in [0.1, 0.15) is 5.82 Å². The van der Waals surface area contributed by atoms with E-state index in [-0.39, 0.29) is 30.3 Å². The van der Waals surface area contributed by atoms with Gasteiger partial charge in [0, 0.05) is 73.1 Å². The van der Waals surface area contributed by atoms with Crippen LogP contribution in [0.4, 0.5) is 19.3 Å². The van der Waals surface area contributed by atoms with Crippen LogP contribution >= 0.6 is 0 Å². The van der Waals surface area contributed by atoms with Crippen LogP contribution in [0, 0.1) is 17.6 Å². The summed E-state index contributed by atoms with van der Waals surface area (Å²) < 4.78 is 32.6. The first kappa shape index (κ1) is 24.4. The average molecular weight is 521 g/mol. The zero-order chi connectivity index (χ0) is 26.1. The maximum absolute atomic E-state index is 13.9. The molecule has 8 nitrogen and oxygen atoms in total. The van der Waals surface area contributed by atoms with Crippen molar-refractivity contribution in [1.29, 1.82) is 0 Å². The van der Waals surface area contributed by atoms with E-state index >= 15 is 0 Å². The van der Waals surface area contributed by atoms with Gasteiger partial charge in [-0.1, -0.05) is 0 Å². The maximum atomic E-state index is 13.9. The van der Waals surface area contributed by atoms with Crippen LogP contribution in [0.15, 0.2) is 48.9 Å². The number of pyridine rings is 2. The van der Waals surface area contributed by atoms with Gasteiger partial charge in [-0.2, -0.15) is 0 Å². The van der Waals surface area contributed by atoms with Crippen LogP contribution in [-0.2, 0) is 0 Å². The molecule has 4 aromatic rings. The Bertz CT molecular complexity index is 1450. The van der Waals surface area contributed by atoms with E-state index < -0.39 is 11.6 Å². The molecule has 198 valence electrons. The summed E-state index contributed by atoms with van der Waals surface area (Å²) in [5.74, 6) is -1.21. The summed E-state index contributed by atoms with van der Waals surface area (Å²) in [6.07, 6.45) is 9.02. The molecule has 38 heavy (non-hydrogen) atoms. The number of nitrogens with zero attached hydrogens (tertiary/aromatic N) is 4. The monoisotopic (exact) mass is 520 g/mol. The second-order valence-electron chi connectivity index (χ2n) is 10.1. The number of carbonyl (C=O) groups is 1. The highest BCUT2D eigenvalue weighted by atomic mass is 19.1. The van der Waals surface area contributed by atoms with E-state index in [0.717, 1.165) is 72.5 Å². The number of H-pyrrole nitrogens is 1. The summed E-state index contributed by atoms with van der Waals surface area (Å²) in [6, 6.07) is 7.45. The predicted molar refractivity (Wildman–Crippen MR) is 141 cm³/mol. The zero-order valence-corrected chi connectivity index (χ0v) is 21.0. The molecule has 0 aliphatic carbocycles. The number of likely N-dealkylation sites (tertiary alicyclic amines) is 1. The van der Waals surface area contributed by atoms with Crippen LogP contribution in [0.25, 0.3) is 21.9 Å². The van der Waals surface area contributed by atoms with E-state index in [1.807, 2.05) is 23.4 Å². The number of ether oxygens (including phenoxy) is 1. The van der Waals surface area contributed by atoms with Crippen molar-refractivity contribution >= 4 is 33.7 Å². The molecular weight excluding hydrogens is 490 g/mol. The van der Waals surface area contributed by atoms with Gasteiger partial charge in [0.2, 0.25) is 0 Å². The molecule has 2 fully saturated rings. The molecule has 5 heterocycles. The Morgan fingerprint density at radius 2 is 1.97 bits per heavy atom. The fourth-order valence-electron chi connectivity index (χ4n) is 5.62. The second kappa shape index (κ2) is 10.4. The smallest absolute Gasteiger partial charge is 0.317 e. The quantitative estimate of drug-likeness (QED) is 0.393. The molecule has 2 N–H and O–H groups in total. The van der Waals surface area contributed by atoms with Gasteiger partial charge in [0.25, 0.3) is 0 Å². The van der Waals surface area contributed by atoms with Crippen molar-refractivity contribution in [2.45, 2.75) is 31.7 Å². The average Bonchev–Trinajstić information content (AvgIpc) is 3.42. The lowest BCUT2D eigenvalue weighted by Crippen LogP contribution is -2.52. The Kier molecular flexibility index (Phi) is 6.70. The number of nitrogens with one attached hydrogen (secondary N) is 2. The maximum Gasteiger partial charge on any atom is 0.317 e. The van der Waals surface area contributed by atoms with Crippen LogP contribution in [0.5, 0.6) is 5.75 Å². The first-order chi connectivity index (χ1) is 18.5. The Hall–Kier alpha value is -3.95. The fourth-order valence-corrected chi connectivity index (χ4v) is 5.62. The van der Waals surface area contributed by atoms with Gasteiger partial charge in [-0.05, 0) is 49.9 Å². The molecule has 0 bridgehead atoms. The number of hydrogen-bond acceptors (Lipinski definition) is 5. The molecular formula is C28H30F2N6O2. The number of aromatic nitrogens is 3. The van der Waals surface area contributed by atoms with Crippen LogP contribution in [0.3, 0.4) is 0 Å². The Labute approximate surface area is 219 Å². The third-order valence-electron chi connectivity index (χ3n) is 7.61. The number of hydrogen-bond donors (Lipinski definition) is 2. The topological polar surface area (TPSA) is 86.4 Å². The minimum absolute atomic E-state index is 0.0375. The van der Waals surface area contributed by atoms with Gasteiger partial charge in [-0.15, -0.1) is 0 Å². The lowest BCUT2D eigenvalue weighted by atomic mass is 9.99. The van der Waals surface area contributed by atoms with Crippen molar-refractivity contribution in [3.63, 3.8) is 0 Å². The number of amides is 2. The number of rotatable bonds is 5. The summed E-state index contributed by atoms with van der Waals surface area (Å²) in [6.45, 7) is 3.20. The molecule has 1 unspecified atom stereocenters. The molecule has 6 rings (SSSR count). The molecule has 3 aromatic heterocycles. The zero-order valence-electron chi connectivity index (χ0n) is 21.0. The van der Waals surface area contributed by atoms with Gasteiger partial charge in [0.05, 0.1) is 18.3 Å². The molecule has 1 atom stereocenters. The molecule has 2 aliphatic rings. The highest BCUT2D eigenvalue weighted by Crippen LogP contribution is 2.32. The first-order valence-corrected chi connectivity index (χ1v) is 13.1. The van der Waals surface area contributed by atoms with Crippen molar-refractivity contribution in [3.8, 4) is 5.75 Å². The molecule has 0 radical (unpaired) electrons. The summed E-state index contributed by atoms with van der Waals surface area (Å²) in [5.41, 5.74) is 2.87. The fraction of sp³-hybridized carbons (Fsp3) is 0.393. The molecule has 2 aliphatic heterocycles. The Morgan fingerprint density at radius 3 is 2.82 bits per heavy atom. The molecule has 0 spiro atoms. The number of carbonyl (C=O) groups excluding carboxylic acids is 1. The number of benzene rings is 1. The summed E-state index contributed by atoms with van der Waals surface area (Å²) in [5, 5.41) is 5.39. The molecule has 2 amide bonds. The third-order valence-corrected chi connectivity index (χ3v) is 7.61. The van der Waals surface area contributed by atoms with Crippen LogP contribution in [0.2, 0.25) is 0 Å². The van der Waals surface area contributed by atoms with Gasteiger partial charge >= 0.3 is 6.03 Å². The van der Waals surface area contributed by atoms with Crippen molar-refractivity contribution in [2.24, 2.45) is 5.92 Å². The van der Waals surface area contributed by atoms with E-state index in [1.54, 1.807) is 6.20 Å². The Morgan fingerprint density at radius 1 is 1.11 bits per heavy atom. The van der Waals surface area contributed by atoms with E-state index in [4.69, 9.17) is 4.74 Å². The predicted octanol–water partition coefficient (Wildman–Crippen LogP) is 4.86. The SMILES string of the molecule is O=C(NC1CCN(c2cc[nH]c3cnc4nccc4c23)CC1)N1CCCC(COc2ccc(F)cc2F)C1. The largest absolute Gasteiger partial charge is 0.490 e. The number of urea groups is 1. The van der Waals surface area contributed by atoms with E-state index in [9.17, 15) is 13.6 Å². The molecule has 0 saturated carbocycles. The van der Waals surface area contributed by atoms with Crippen LogP contribution < -0.4 is 15.0 Å². The van der Waals surface area contributed by atoms with Crippen molar-refractivity contribution < 1.29 is 18.3 Å². The number of aromatic amines is 1. The summed E-state index contributed by atoms with van der Waals surface area (Å²) >= 11 is 0. The lowest BCUT2D eigenvalue weighted by Gasteiger charge is -2.37. The highest BCUT2D eigenvalue weighted by molar-refractivity contribution is 6.09. The number of piperidine rings is 2. The second-order valence-corrected chi connectivity index (χ2v) is 10.1. The van der Waals surface area contributed by atoms with E-state index in [0.29, 0.717) is 13.1 Å². The third kappa shape index (κ3) is 4.94. The van der Waals surface area contributed by atoms with Gasteiger partial charge in [0.15, 0.2) is 17.2 Å². The molecule has 10 heteroatoms. The summed E-state index contributed by atoms with van der Waals surface area (Å²) in [7, 11) is 0. The number of anilines is 1. The van der Waals surface area contributed by atoms with Gasteiger partial charge in [-0.3, -0.25) is 0 Å². The number of fused-ring (bicyclic) bond motifs is 3. The lowest BCUT2D eigenvalue weighted by molar-refractivity contribution is 0.133. The first-order valence-electron chi connectivity index (χ1n) is 13.1. The van der Waals surface area contributed by atoms with Crippen LogP contribution in [-0.4, -0.2) is 64.7 Å².